The average molecular weight is 427 g/mol. The zero-order valence-corrected chi connectivity index (χ0v) is 16.3. The molecule has 2 N–H and O–H groups in total. The smallest absolute Gasteiger partial charge is 0.185 e. The van der Waals surface area contributed by atoms with Crippen LogP contribution in [0.4, 0.5) is 0 Å². The first-order valence-electron chi connectivity index (χ1n) is 8.93. The Labute approximate surface area is 172 Å². The standard InChI is InChI=1S/C20H20Cl2O6/c21-13-5-1-3-11(7-13)19-25-10-16(26-19)18-17(15(24)9-23)27-20(28-18)12-4-2-6-14(22)8-12/h1-8,15-20,23-24H,9-10H2/t15-,16+,17-,18-,19?,20?/m0/s1. The van der Waals surface area contributed by atoms with Gasteiger partial charge in [0, 0.05) is 21.2 Å². The maximum atomic E-state index is 10.2. The molecule has 0 aromatic heterocycles. The first-order chi connectivity index (χ1) is 13.5. The molecule has 0 radical (unpaired) electrons. The van der Waals surface area contributed by atoms with Crippen LogP contribution in [0.2, 0.25) is 10.0 Å². The van der Waals surface area contributed by atoms with Gasteiger partial charge in [-0.25, -0.2) is 0 Å². The molecule has 4 rings (SSSR count). The fraction of sp³-hybridized carbons (Fsp3) is 0.400. The van der Waals surface area contributed by atoms with Gasteiger partial charge in [-0.05, 0) is 24.3 Å². The molecule has 6 nitrogen and oxygen atoms in total. The van der Waals surface area contributed by atoms with Crippen molar-refractivity contribution in [3.05, 3.63) is 69.7 Å². The molecule has 2 saturated heterocycles. The molecule has 150 valence electrons. The Morgan fingerprint density at radius 2 is 1.57 bits per heavy atom. The highest BCUT2D eigenvalue weighted by Crippen LogP contribution is 2.39. The zero-order valence-electron chi connectivity index (χ0n) is 14.8. The van der Waals surface area contributed by atoms with Crippen molar-refractivity contribution in [3.63, 3.8) is 0 Å². The summed E-state index contributed by atoms with van der Waals surface area (Å²) in [4.78, 5) is 0. The third-order valence-corrected chi connectivity index (χ3v) is 5.24. The Kier molecular flexibility index (Phi) is 6.20. The van der Waals surface area contributed by atoms with Gasteiger partial charge in [0.2, 0.25) is 0 Å². The summed E-state index contributed by atoms with van der Waals surface area (Å²) in [5, 5.41) is 20.8. The van der Waals surface area contributed by atoms with E-state index in [2.05, 4.69) is 0 Å². The highest BCUT2D eigenvalue weighted by atomic mass is 35.5. The molecular weight excluding hydrogens is 407 g/mol. The van der Waals surface area contributed by atoms with Gasteiger partial charge in [-0.3, -0.25) is 0 Å². The number of halogens is 2. The van der Waals surface area contributed by atoms with Crippen LogP contribution in [0.3, 0.4) is 0 Å². The SMILES string of the molecule is OC[C@H](O)[C@@H]1OC(c2cccc(Cl)c2)O[C@H]1[C@H]1COC(c2cccc(Cl)c2)O1. The Morgan fingerprint density at radius 3 is 2.18 bits per heavy atom. The summed E-state index contributed by atoms with van der Waals surface area (Å²) < 4.78 is 23.7. The van der Waals surface area contributed by atoms with Gasteiger partial charge in [0.25, 0.3) is 0 Å². The zero-order chi connectivity index (χ0) is 19.7. The molecule has 0 amide bonds. The maximum Gasteiger partial charge on any atom is 0.185 e. The van der Waals surface area contributed by atoms with Crippen molar-refractivity contribution >= 4 is 23.2 Å². The minimum atomic E-state index is -1.12. The van der Waals surface area contributed by atoms with Gasteiger partial charge in [0.15, 0.2) is 12.6 Å². The maximum absolute atomic E-state index is 10.2. The van der Waals surface area contributed by atoms with Gasteiger partial charge >= 0.3 is 0 Å². The van der Waals surface area contributed by atoms with Crippen molar-refractivity contribution in [2.24, 2.45) is 0 Å². The van der Waals surface area contributed by atoms with E-state index in [0.717, 1.165) is 11.1 Å². The number of rotatable bonds is 5. The van der Waals surface area contributed by atoms with E-state index in [9.17, 15) is 10.2 Å². The fourth-order valence-corrected chi connectivity index (χ4v) is 3.81. The van der Waals surface area contributed by atoms with Crippen molar-refractivity contribution in [2.45, 2.75) is 37.0 Å². The minimum absolute atomic E-state index is 0.252. The van der Waals surface area contributed by atoms with Gasteiger partial charge < -0.3 is 29.2 Å². The van der Waals surface area contributed by atoms with Crippen LogP contribution in [-0.4, -0.2) is 47.8 Å². The van der Waals surface area contributed by atoms with Crippen LogP contribution in [0, 0.1) is 0 Å². The number of benzene rings is 2. The van der Waals surface area contributed by atoms with Crippen LogP contribution in [-0.2, 0) is 18.9 Å². The van der Waals surface area contributed by atoms with Crippen LogP contribution in [0.25, 0.3) is 0 Å². The largest absolute Gasteiger partial charge is 0.394 e. The molecule has 2 aliphatic heterocycles. The Balaban J connectivity index is 1.51. The van der Waals surface area contributed by atoms with Crippen LogP contribution < -0.4 is 0 Å². The van der Waals surface area contributed by atoms with E-state index >= 15 is 0 Å². The van der Waals surface area contributed by atoms with Gasteiger partial charge in [0.1, 0.15) is 24.4 Å². The lowest BCUT2D eigenvalue weighted by Gasteiger charge is -2.24. The highest BCUT2D eigenvalue weighted by molar-refractivity contribution is 6.30. The Hall–Kier alpha value is -1.22. The third-order valence-electron chi connectivity index (χ3n) is 4.77. The predicted octanol–water partition coefficient (Wildman–Crippen LogP) is 3.24. The van der Waals surface area contributed by atoms with Crippen LogP contribution in [0.1, 0.15) is 23.7 Å². The van der Waals surface area contributed by atoms with E-state index in [0.29, 0.717) is 10.0 Å². The first-order valence-corrected chi connectivity index (χ1v) is 9.68. The molecule has 0 saturated carbocycles. The summed E-state index contributed by atoms with van der Waals surface area (Å²) in [5.74, 6) is 0. The third kappa shape index (κ3) is 4.20. The first kappa shape index (κ1) is 20.1. The molecule has 2 heterocycles. The molecule has 0 aliphatic carbocycles. The number of hydrogen-bond acceptors (Lipinski definition) is 6. The van der Waals surface area contributed by atoms with Gasteiger partial charge in [-0.1, -0.05) is 47.5 Å². The molecule has 2 aliphatic rings. The predicted molar refractivity (Wildman–Crippen MR) is 102 cm³/mol. The number of aliphatic hydroxyl groups is 2. The summed E-state index contributed by atoms with van der Waals surface area (Å²) in [6.07, 6.45) is -4.34. The summed E-state index contributed by atoms with van der Waals surface area (Å²) in [5.41, 5.74) is 1.51. The average Bonchev–Trinajstić information content (AvgIpc) is 3.34. The normalized spacial score (nSPS) is 31.2. The van der Waals surface area contributed by atoms with Gasteiger partial charge in [0.05, 0.1) is 13.2 Å². The Morgan fingerprint density at radius 1 is 0.929 bits per heavy atom. The van der Waals surface area contributed by atoms with Crippen LogP contribution >= 0.6 is 23.2 Å². The summed E-state index contributed by atoms with van der Waals surface area (Å²) in [6, 6.07) is 14.3. The summed E-state index contributed by atoms with van der Waals surface area (Å²) in [6.45, 7) is -0.208. The van der Waals surface area contributed by atoms with E-state index in [4.69, 9.17) is 42.1 Å². The molecule has 2 unspecified atom stereocenters. The topological polar surface area (TPSA) is 77.4 Å². The summed E-state index contributed by atoms with van der Waals surface area (Å²) >= 11 is 12.1. The molecule has 2 aromatic rings. The minimum Gasteiger partial charge on any atom is -0.394 e. The van der Waals surface area contributed by atoms with Gasteiger partial charge in [-0.15, -0.1) is 0 Å². The second-order valence-corrected chi connectivity index (χ2v) is 7.61. The number of aliphatic hydroxyl groups excluding tert-OH is 2. The van der Waals surface area contributed by atoms with E-state index in [1.54, 1.807) is 30.3 Å². The van der Waals surface area contributed by atoms with E-state index in [1.807, 2.05) is 18.2 Å². The number of hydrogen-bond donors (Lipinski definition) is 2. The van der Waals surface area contributed by atoms with Crippen molar-refractivity contribution in [2.75, 3.05) is 13.2 Å². The molecule has 0 spiro atoms. The second kappa shape index (κ2) is 8.65. The van der Waals surface area contributed by atoms with Crippen molar-refractivity contribution < 1.29 is 29.2 Å². The second-order valence-electron chi connectivity index (χ2n) is 6.73. The lowest BCUT2D eigenvalue weighted by atomic mass is 10.0. The van der Waals surface area contributed by atoms with Crippen molar-refractivity contribution in [1.82, 2.24) is 0 Å². The quantitative estimate of drug-likeness (QED) is 0.763. The molecule has 2 aromatic carbocycles. The molecule has 28 heavy (non-hydrogen) atoms. The molecule has 0 bridgehead atoms. The van der Waals surface area contributed by atoms with Crippen molar-refractivity contribution in [3.8, 4) is 0 Å². The lowest BCUT2D eigenvalue weighted by molar-refractivity contribution is -0.107. The van der Waals surface area contributed by atoms with Gasteiger partial charge in [-0.2, -0.15) is 0 Å². The van der Waals surface area contributed by atoms with Crippen molar-refractivity contribution in [1.29, 1.82) is 0 Å². The summed E-state index contributed by atoms with van der Waals surface area (Å²) in [7, 11) is 0. The van der Waals surface area contributed by atoms with Crippen LogP contribution in [0.15, 0.2) is 48.5 Å². The molecule has 8 heteroatoms. The van der Waals surface area contributed by atoms with E-state index in [1.165, 1.54) is 0 Å². The molecular formula is C20H20Cl2O6. The molecule has 6 atom stereocenters. The van der Waals surface area contributed by atoms with Crippen LogP contribution in [0.5, 0.6) is 0 Å². The Bertz CT molecular complexity index is 819. The monoisotopic (exact) mass is 426 g/mol. The fourth-order valence-electron chi connectivity index (χ4n) is 3.42. The van der Waals surface area contributed by atoms with E-state index in [-0.39, 0.29) is 6.61 Å². The molecule has 2 fully saturated rings. The van der Waals surface area contributed by atoms with E-state index < -0.39 is 43.6 Å². The number of ether oxygens (including phenoxy) is 4. The lowest BCUT2D eigenvalue weighted by Crippen LogP contribution is -2.44. The highest BCUT2D eigenvalue weighted by Gasteiger charge is 2.48.